The number of nitrogens with two attached hydrogens (primary N) is 1. The maximum Gasteiger partial charge on any atom is 0.327 e. The molecule has 68 valence electrons. The molecule has 0 fully saturated rings. The summed E-state index contributed by atoms with van der Waals surface area (Å²) in [6.45, 7) is 0. The van der Waals surface area contributed by atoms with Crippen molar-refractivity contribution in [2.75, 3.05) is 5.43 Å². The molecule has 12 heavy (non-hydrogen) atoms. The number of hydrogen-bond acceptors (Lipinski definition) is 4. The number of aromatic amines is 2. The molecule has 0 radical (unpaired) electrons. The first-order valence-corrected chi connectivity index (χ1v) is 3.01. The maximum absolute atomic E-state index is 10.7. The van der Waals surface area contributed by atoms with Crippen LogP contribution in [-0.2, 0) is 0 Å². The van der Waals surface area contributed by atoms with Crippen LogP contribution in [0, 0.1) is 0 Å². The Labute approximate surface area is 77.5 Å². The molecule has 5 N–H and O–H groups in total. The van der Waals surface area contributed by atoms with Gasteiger partial charge in [-0.2, -0.15) is 0 Å². The molecule has 0 aliphatic rings. The van der Waals surface area contributed by atoms with Crippen molar-refractivity contribution >= 4 is 29.8 Å². The number of hydrazine groups is 1. The van der Waals surface area contributed by atoms with Crippen molar-refractivity contribution in [3.8, 4) is 0 Å². The number of anilines is 1. The molecule has 1 rings (SSSR count). The monoisotopic (exact) mass is 212 g/mol. The van der Waals surface area contributed by atoms with E-state index in [9.17, 15) is 9.59 Å². The fourth-order valence-electron chi connectivity index (χ4n) is 0.571. The number of hydrogen-bond donors (Lipinski definition) is 4. The van der Waals surface area contributed by atoms with Gasteiger partial charge >= 0.3 is 5.69 Å². The lowest BCUT2D eigenvalue weighted by molar-refractivity contribution is 1.03. The Morgan fingerprint density at radius 3 is 2.42 bits per heavy atom. The van der Waals surface area contributed by atoms with Crippen LogP contribution in [0.4, 0.5) is 5.82 Å². The Morgan fingerprint density at radius 2 is 1.92 bits per heavy atom. The highest BCUT2D eigenvalue weighted by Gasteiger charge is 2.03. The van der Waals surface area contributed by atoms with Crippen LogP contribution in [0.15, 0.2) is 9.59 Å². The van der Waals surface area contributed by atoms with Crippen LogP contribution < -0.4 is 22.5 Å². The molecule has 0 aromatic carbocycles. The topological polar surface area (TPSA) is 104 Å². The van der Waals surface area contributed by atoms with Crippen LogP contribution in [0.1, 0.15) is 0 Å². The van der Waals surface area contributed by atoms with E-state index in [0.29, 0.717) is 0 Å². The summed E-state index contributed by atoms with van der Waals surface area (Å²) < 4.78 is 0. The van der Waals surface area contributed by atoms with Crippen molar-refractivity contribution in [1.82, 2.24) is 9.97 Å². The summed E-state index contributed by atoms with van der Waals surface area (Å²) in [6.07, 6.45) is 0. The SMILES string of the molecule is Cl.NNc1[nH]c(=O)[nH]c(=O)c1Cl. The molecule has 0 spiro atoms. The predicted octanol–water partition coefficient (Wildman–Crippen LogP) is -0.576. The van der Waals surface area contributed by atoms with Gasteiger partial charge in [-0.05, 0) is 0 Å². The highest BCUT2D eigenvalue weighted by atomic mass is 35.5. The molecule has 1 aromatic heterocycles. The van der Waals surface area contributed by atoms with Crippen LogP contribution in [0.3, 0.4) is 0 Å². The van der Waals surface area contributed by atoms with E-state index < -0.39 is 11.2 Å². The normalized spacial score (nSPS) is 8.83. The average Bonchev–Trinajstić information content (AvgIpc) is 1.96. The average molecular weight is 213 g/mol. The molecule has 1 heterocycles. The summed E-state index contributed by atoms with van der Waals surface area (Å²) in [4.78, 5) is 25.4. The summed E-state index contributed by atoms with van der Waals surface area (Å²) in [6, 6.07) is 0. The van der Waals surface area contributed by atoms with Gasteiger partial charge in [-0.3, -0.25) is 14.8 Å². The third-order valence-electron chi connectivity index (χ3n) is 1.03. The van der Waals surface area contributed by atoms with Crippen molar-refractivity contribution in [2.24, 2.45) is 5.84 Å². The minimum atomic E-state index is -0.677. The summed E-state index contributed by atoms with van der Waals surface area (Å²) in [5.41, 5.74) is 0.732. The van der Waals surface area contributed by atoms with Gasteiger partial charge in [0.2, 0.25) is 0 Å². The molecule has 0 bridgehead atoms. The highest BCUT2D eigenvalue weighted by Crippen LogP contribution is 2.07. The Bertz CT molecular complexity index is 370. The lowest BCUT2D eigenvalue weighted by atomic mass is 10.6. The van der Waals surface area contributed by atoms with Gasteiger partial charge < -0.3 is 5.43 Å². The highest BCUT2D eigenvalue weighted by molar-refractivity contribution is 6.32. The molecule has 0 saturated heterocycles. The third-order valence-corrected chi connectivity index (χ3v) is 1.39. The molecule has 0 atom stereocenters. The smallest absolute Gasteiger partial charge is 0.309 e. The van der Waals surface area contributed by atoms with Gasteiger partial charge in [0.05, 0.1) is 0 Å². The molecular weight excluding hydrogens is 207 g/mol. The zero-order valence-electron chi connectivity index (χ0n) is 5.68. The molecule has 0 saturated carbocycles. The third kappa shape index (κ3) is 2.00. The van der Waals surface area contributed by atoms with Crippen LogP contribution in [0.2, 0.25) is 5.02 Å². The van der Waals surface area contributed by atoms with E-state index in [4.69, 9.17) is 17.4 Å². The second kappa shape index (κ2) is 4.15. The minimum Gasteiger partial charge on any atom is -0.309 e. The Morgan fingerprint density at radius 1 is 1.33 bits per heavy atom. The number of H-pyrrole nitrogens is 2. The lowest BCUT2D eigenvalue weighted by Gasteiger charge is -1.98. The first-order chi connectivity index (χ1) is 5.15. The molecule has 0 unspecified atom stereocenters. The minimum absolute atomic E-state index is 0. The van der Waals surface area contributed by atoms with E-state index in [1.165, 1.54) is 0 Å². The van der Waals surface area contributed by atoms with E-state index in [1.54, 1.807) is 0 Å². The Kier molecular flexibility index (Phi) is 3.81. The largest absolute Gasteiger partial charge is 0.327 e. The van der Waals surface area contributed by atoms with E-state index in [2.05, 4.69) is 10.4 Å². The van der Waals surface area contributed by atoms with Gasteiger partial charge in [0.25, 0.3) is 5.56 Å². The van der Waals surface area contributed by atoms with Gasteiger partial charge in [0.1, 0.15) is 10.8 Å². The van der Waals surface area contributed by atoms with Crippen LogP contribution in [0.25, 0.3) is 0 Å². The molecule has 6 nitrogen and oxygen atoms in total. The molecular formula is C4H6Cl2N4O2. The van der Waals surface area contributed by atoms with Crippen molar-refractivity contribution in [1.29, 1.82) is 0 Å². The van der Waals surface area contributed by atoms with Crippen molar-refractivity contribution < 1.29 is 0 Å². The second-order valence-corrected chi connectivity index (χ2v) is 2.12. The zero-order valence-corrected chi connectivity index (χ0v) is 7.25. The van der Waals surface area contributed by atoms with Gasteiger partial charge in [0, 0.05) is 0 Å². The van der Waals surface area contributed by atoms with E-state index in [1.807, 2.05) is 4.98 Å². The summed E-state index contributed by atoms with van der Waals surface area (Å²) in [5.74, 6) is 4.93. The van der Waals surface area contributed by atoms with Crippen LogP contribution in [0.5, 0.6) is 0 Å². The van der Waals surface area contributed by atoms with Gasteiger partial charge in [-0.25, -0.2) is 10.6 Å². The fraction of sp³-hybridized carbons (Fsp3) is 0. The van der Waals surface area contributed by atoms with Gasteiger partial charge in [0.15, 0.2) is 0 Å². The number of halogens is 2. The van der Waals surface area contributed by atoms with E-state index in [0.717, 1.165) is 0 Å². The standard InChI is InChI=1S/C4H5ClN4O2.ClH/c5-1-2(9-6)7-4(11)8-3(1)10;/h6H2,(H3,7,8,9,10,11);1H. The maximum atomic E-state index is 10.7. The zero-order chi connectivity index (χ0) is 8.43. The molecule has 1 aromatic rings. The second-order valence-electron chi connectivity index (χ2n) is 1.74. The Hall–Kier alpha value is -0.980. The molecule has 8 heteroatoms. The number of nitrogens with one attached hydrogen (secondary N) is 3. The summed E-state index contributed by atoms with van der Waals surface area (Å²) >= 11 is 5.41. The molecule has 0 aliphatic carbocycles. The Balaban J connectivity index is 0.00000121. The lowest BCUT2D eigenvalue weighted by Crippen LogP contribution is -2.26. The van der Waals surface area contributed by atoms with E-state index >= 15 is 0 Å². The quantitative estimate of drug-likeness (QED) is 0.370. The summed E-state index contributed by atoms with van der Waals surface area (Å²) in [7, 11) is 0. The number of aromatic nitrogens is 2. The number of nitrogen functional groups attached to an aromatic ring is 1. The molecule has 0 aliphatic heterocycles. The van der Waals surface area contributed by atoms with Crippen LogP contribution >= 0.6 is 24.0 Å². The van der Waals surface area contributed by atoms with Gasteiger partial charge in [-0.15, -0.1) is 12.4 Å². The van der Waals surface area contributed by atoms with Crippen molar-refractivity contribution in [3.05, 3.63) is 25.9 Å². The van der Waals surface area contributed by atoms with Gasteiger partial charge in [-0.1, -0.05) is 11.6 Å². The summed E-state index contributed by atoms with van der Waals surface area (Å²) in [5, 5.41) is -0.174. The first kappa shape index (κ1) is 11.0. The molecule has 0 amide bonds. The number of rotatable bonds is 1. The van der Waals surface area contributed by atoms with Crippen molar-refractivity contribution in [3.63, 3.8) is 0 Å². The van der Waals surface area contributed by atoms with Crippen molar-refractivity contribution in [2.45, 2.75) is 0 Å². The fourth-order valence-corrected chi connectivity index (χ4v) is 0.720. The van der Waals surface area contributed by atoms with E-state index in [-0.39, 0.29) is 23.2 Å². The first-order valence-electron chi connectivity index (χ1n) is 2.64. The predicted molar refractivity (Wildman–Crippen MR) is 47.8 cm³/mol. The van der Waals surface area contributed by atoms with Crippen LogP contribution in [-0.4, -0.2) is 9.97 Å².